The number of esters is 1. The van der Waals surface area contributed by atoms with Crippen molar-refractivity contribution in [2.24, 2.45) is 0 Å². The molecule has 0 aliphatic rings. The number of nitrogens with zero attached hydrogens (tertiary/aromatic N) is 3. The summed E-state index contributed by atoms with van der Waals surface area (Å²) in [5.41, 5.74) is 2.04. The molecule has 2 aromatic heterocycles. The summed E-state index contributed by atoms with van der Waals surface area (Å²) in [5.74, 6) is 0.249. The van der Waals surface area contributed by atoms with E-state index in [2.05, 4.69) is 9.97 Å². The van der Waals surface area contributed by atoms with Gasteiger partial charge >= 0.3 is 5.97 Å². The Labute approximate surface area is 128 Å². The Morgan fingerprint density at radius 3 is 2.68 bits per heavy atom. The zero-order chi connectivity index (χ0) is 15.4. The van der Waals surface area contributed by atoms with Gasteiger partial charge in [0.2, 0.25) is 0 Å². The third-order valence-electron chi connectivity index (χ3n) is 3.15. The molecule has 1 aromatic carbocycles. The van der Waals surface area contributed by atoms with Crippen molar-refractivity contribution < 1.29 is 9.53 Å². The maximum atomic E-state index is 12.0. The van der Waals surface area contributed by atoms with Crippen LogP contribution >= 0.6 is 0 Å². The number of ether oxygens (including phenoxy) is 1. The number of carbonyl (C=O) groups is 1. The second-order valence-corrected chi connectivity index (χ2v) is 4.62. The molecule has 0 bridgehead atoms. The first-order chi connectivity index (χ1) is 10.8. The minimum Gasteiger partial charge on any atom is -0.461 e. The lowest BCUT2D eigenvalue weighted by Gasteiger charge is -2.06. The molecule has 5 nitrogen and oxygen atoms in total. The van der Waals surface area contributed by atoms with Crippen molar-refractivity contribution in [3.63, 3.8) is 0 Å². The van der Waals surface area contributed by atoms with Crippen molar-refractivity contribution in [3.05, 3.63) is 66.7 Å². The van der Waals surface area contributed by atoms with Crippen LogP contribution in [0.5, 0.6) is 0 Å². The highest BCUT2D eigenvalue weighted by molar-refractivity contribution is 5.88. The van der Waals surface area contributed by atoms with Gasteiger partial charge in [0.25, 0.3) is 0 Å². The molecule has 3 aromatic rings. The summed E-state index contributed by atoms with van der Waals surface area (Å²) >= 11 is 0. The Balaban J connectivity index is 2.12. The molecular weight excluding hydrogens is 278 g/mol. The van der Waals surface area contributed by atoms with Gasteiger partial charge in [-0.05, 0) is 19.1 Å². The molecule has 2 heterocycles. The number of hydrogen-bond donors (Lipinski definition) is 0. The Morgan fingerprint density at radius 1 is 1.18 bits per heavy atom. The number of carbonyl (C=O) groups excluding carboxylic acids is 1. The van der Waals surface area contributed by atoms with Crippen molar-refractivity contribution in [2.45, 2.75) is 6.92 Å². The molecule has 0 amide bonds. The average Bonchev–Trinajstić information content (AvgIpc) is 3.02. The molecule has 0 unspecified atom stereocenters. The van der Waals surface area contributed by atoms with E-state index < -0.39 is 5.97 Å². The average molecular weight is 293 g/mol. The molecule has 0 atom stereocenters. The summed E-state index contributed by atoms with van der Waals surface area (Å²) in [5, 5.41) is 0. The van der Waals surface area contributed by atoms with Crippen LogP contribution in [0.15, 0.2) is 61.1 Å². The van der Waals surface area contributed by atoms with Gasteiger partial charge in [0, 0.05) is 18.0 Å². The lowest BCUT2D eigenvalue weighted by Crippen LogP contribution is -2.04. The molecule has 0 aliphatic carbocycles. The van der Waals surface area contributed by atoms with Crippen LogP contribution in [0.1, 0.15) is 17.4 Å². The zero-order valence-electron chi connectivity index (χ0n) is 12.1. The summed E-state index contributed by atoms with van der Waals surface area (Å²) < 4.78 is 6.88. The van der Waals surface area contributed by atoms with E-state index in [0.29, 0.717) is 12.4 Å². The number of benzene rings is 1. The second kappa shape index (κ2) is 6.22. The number of aromatic nitrogens is 3. The highest BCUT2D eigenvalue weighted by Gasteiger charge is 2.17. The monoisotopic (exact) mass is 293 g/mol. The van der Waals surface area contributed by atoms with Gasteiger partial charge < -0.3 is 4.74 Å². The molecule has 0 saturated carbocycles. The zero-order valence-corrected chi connectivity index (χ0v) is 12.1. The number of rotatable bonds is 4. The maximum absolute atomic E-state index is 12.0. The fraction of sp³-hybridized carbons (Fsp3) is 0.118. The van der Waals surface area contributed by atoms with E-state index in [4.69, 9.17) is 4.74 Å². The number of imidazole rings is 1. The van der Waals surface area contributed by atoms with Gasteiger partial charge in [0.05, 0.1) is 18.5 Å². The second-order valence-electron chi connectivity index (χ2n) is 4.62. The quantitative estimate of drug-likeness (QED) is 0.694. The highest BCUT2D eigenvalue weighted by Crippen LogP contribution is 2.22. The van der Waals surface area contributed by atoms with Gasteiger partial charge in [-0.3, -0.25) is 9.55 Å². The summed E-state index contributed by atoms with van der Waals surface area (Å²) in [6, 6.07) is 13.5. The minimum absolute atomic E-state index is 0.282. The fourth-order valence-corrected chi connectivity index (χ4v) is 2.17. The Hall–Kier alpha value is -2.95. The van der Waals surface area contributed by atoms with Gasteiger partial charge in [-0.15, -0.1) is 0 Å². The largest absolute Gasteiger partial charge is 0.461 e. The van der Waals surface area contributed by atoms with E-state index in [1.54, 1.807) is 25.5 Å². The Morgan fingerprint density at radius 2 is 2.00 bits per heavy atom. The number of hydrogen-bond acceptors (Lipinski definition) is 4. The van der Waals surface area contributed by atoms with Crippen LogP contribution < -0.4 is 0 Å². The first-order valence-corrected chi connectivity index (χ1v) is 7.02. The molecule has 110 valence electrons. The fourth-order valence-electron chi connectivity index (χ4n) is 2.17. The summed E-state index contributed by atoms with van der Waals surface area (Å²) in [6.45, 7) is 2.09. The van der Waals surface area contributed by atoms with Gasteiger partial charge in [-0.2, -0.15) is 0 Å². The van der Waals surface area contributed by atoms with Gasteiger partial charge in [0.1, 0.15) is 5.82 Å². The topological polar surface area (TPSA) is 57.0 Å². The van der Waals surface area contributed by atoms with Crippen LogP contribution in [0.4, 0.5) is 0 Å². The predicted octanol–water partition coefficient (Wildman–Crippen LogP) is 3.11. The predicted molar refractivity (Wildman–Crippen MR) is 82.8 cm³/mol. The Bertz CT molecular complexity index is 710. The summed E-state index contributed by atoms with van der Waals surface area (Å²) in [4.78, 5) is 20.5. The molecule has 0 N–H and O–H groups in total. The normalized spacial score (nSPS) is 10.4. The van der Waals surface area contributed by atoms with Crippen molar-refractivity contribution in [1.82, 2.24) is 14.5 Å². The molecule has 22 heavy (non-hydrogen) atoms. The smallest absolute Gasteiger partial charge is 0.358 e. The van der Waals surface area contributed by atoms with E-state index in [1.165, 1.54) is 0 Å². The minimum atomic E-state index is -0.428. The Kier molecular flexibility index (Phi) is 3.96. The van der Waals surface area contributed by atoms with E-state index in [-0.39, 0.29) is 5.69 Å². The molecule has 0 aliphatic heterocycles. The van der Waals surface area contributed by atoms with Crippen molar-refractivity contribution in [3.8, 4) is 17.1 Å². The molecule has 0 saturated heterocycles. The lowest BCUT2D eigenvalue weighted by molar-refractivity contribution is 0.0520. The van der Waals surface area contributed by atoms with Crippen LogP contribution in [-0.2, 0) is 4.74 Å². The van der Waals surface area contributed by atoms with Gasteiger partial charge in [0.15, 0.2) is 5.69 Å². The van der Waals surface area contributed by atoms with Crippen LogP contribution in [0.3, 0.4) is 0 Å². The van der Waals surface area contributed by atoms with Crippen LogP contribution in [-0.4, -0.2) is 27.1 Å². The van der Waals surface area contributed by atoms with Crippen LogP contribution in [0.25, 0.3) is 17.1 Å². The first-order valence-electron chi connectivity index (χ1n) is 7.02. The maximum Gasteiger partial charge on any atom is 0.358 e. The third kappa shape index (κ3) is 2.74. The lowest BCUT2D eigenvalue weighted by atomic mass is 10.2. The highest BCUT2D eigenvalue weighted by atomic mass is 16.5. The van der Waals surface area contributed by atoms with E-state index in [1.807, 2.05) is 47.0 Å². The molecule has 5 heteroatoms. The van der Waals surface area contributed by atoms with Crippen molar-refractivity contribution in [1.29, 1.82) is 0 Å². The van der Waals surface area contributed by atoms with Gasteiger partial charge in [-0.1, -0.05) is 30.3 Å². The first kappa shape index (κ1) is 14.0. The molecule has 3 rings (SSSR count). The van der Waals surface area contributed by atoms with Crippen LogP contribution in [0, 0.1) is 0 Å². The summed E-state index contributed by atoms with van der Waals surface area (Å²) in [6.07, 6.45) is 5.11. The van der Waals surface area contributed by atoms with Crippen molar-refractivity contribution in [2.75, 3.05) is 6.61 Å². The van der Waals surface area contributed by atoms with Crippen LogP contribution in [0.2, 0.25) is 0 Å². The SMILES string of the molecule is CCOC(=O)c1cn(-c2cccnc2)c(-c2ccccc2)n1. The van der Waals surface area contributed by atoms with E-state index in [9.17, 15) is 4.79 Å². The van der Waals surface area contributed by atoms with E-state index in [0.717, 1.165) is 11.3 Å². The molecular formula is C17H15N3O2. The number of pyridine rings is 1. The molecule has 0 fully saturated rings. The summed E-state index contributed by atoms with van der Waals surface area (Å²) in [7, 11) is 0. The molecule has 0 spiro atoms. The third-order valence-corrected chi connectivity index (χ3v) is 3.15. The van der Waals surface area contributed by atoms with Gasteiger partial charge in [-0.25, -0.2) is 9.78 Å². The van der Waals surface area contributed by atoms with E-state index >= 15 is 0 Å². The molecule has 0 radical (unpaired) electrons. The van der Waals surface area contributed by atoms with Crippen molar-refractivity contribution >= 4 is 5.97 Å². The standard InChI is InChI=1S/C17H15N3O2/c1-2-22-17(21)15-12-20(14-9-6-10-18-11-14)16(19-15)13-7-4-3-5-8-13/h3-12H,2H2,1H3.